The van der Waals surface area contributed by atoms with E-state index in [-0.39, 0.29) is 22.5 Å². The minimum absolute atomic E-state index is 0.103. The number of pyridine rings is 1. The number of hydrogen-bond donors (Lipinski definition) is 1. The molecule has 0 saturated heterocycles. The van der Waals surface area contributed by atoms with E-state index in [1.54, 1.807) is 12.3 Å². The van der Waals surface area contributed by atoms with E-state index in [0.717, 1.165) is 5.56 Å². The van der Waals surface area contributed by atoms with Crippen molar-refractivity contribution in [3.05, 3.63) is 57.2 Å². The molecule has 1 aromatic carbocycles. The van der Waals surface area contributed by atoms with Gasteiger partial charge in [0.25, 0.3) is 0 Å². The van der Waals surface area contributed by atoms with Crippen molar-refractivity contribution in [1.29, 1.82) is 0 Å². The largest absolute Gasteiger partial charge is 0.432 e. The molecule has 0 aliphatic carbocycles. The minimum Gasteiger partial charge on any atom is -0.432 e. The maximum atomic E-state index is 11.0. The van der Waals surface area contributed by atoms with E-state index in [1.165, 1.54) is 18.2 Å². The highest BCUT2D eigenvalue weighted by molar-refractivity contribution is 6.30. The van der Waals surface area contributed by atoms with E-state index >= 15 is 0 Å². The molecular formula is C14H14ClN3O3. The van der Waals surface area contributed by atoms with Crippen LogP contribution in [-0.4, -0.2) is 17.0 Å². The first kappa shape index (κ1) is 15.2. The van der Waals surface area contributed by atoms with Crippen molar-refractivity contribution in [2.24, 2.45) is 0 Å². The van der Waals surface area contributed by atoms with Gasteiger partial charge in [-0.25, -0.2) is 4.98 Å². The predicted molar refractivity (Wildman–Crippen MR) is 79.9 cm³/mol. The highest BCUT2D eigenvalue weighted by Crippen LogP contribution is 2.33. The Bertz CT molecular complexity index is 664. The fraction of sp³-hybridized carbons (Fsp3) is 0.214. The highest BCUT2D eigenvalue weighted by atomic mass is 35.5. The topological polar surface area (TPSA) is 77.3 Å². The molecule has 0 radical (unpaired) electrons. The van der Waals surface area contributed by atoms with Gasteiger partial charge >= 0.3 is 5.69 Å². The minimum atomic E-state index is -0.540. The monoisotopic (exact) mass is 307 g/mol. The Kier molecular flexibility index (Phi) is 4.72. The Hall–Kier alpha value is -2.18. The molecule has 0 amide bonds. The maximum absolute atomic E-state index is 11.0. The van der Waals surface area contributed by atoms with Crippen molar-refractivity contribution < 1.29 is 9.66 Å². The molecule has 1 aromatic heterocycles. The van der Waals surface area contributed by atoms with Gasteiger partial charge in [0.2, 0.25) is 11.6 Å². The fourth-order valence-corrected chi connectivity index (χ4v) is 1.92. The van der Waals surface area contributed by atoms with E-state index in [1.807, 2.05) is 20.0 Å². The van der Waals surface area contributed by atoms with Crippen LogP contribution >= 0.6 is 11.6 Å². The van der Waals surface area contributed by atoms with Crippen LogP contribution in [0.1, 0.15) is 18.5 Å². The summed E-state index contributed by atoms with van der Waals surface area (Å²) in [7, 11) is 1.84. The molecule has 1 heterocycles. The molecule has 110 valence electrons. The molecule has 2 aromatic rings. The van der Waals surface area contributed by atoms with Gasteiger partial charge in [-0.2, -0.15) is 0 Å². The summed E-state index contributed by atoms with van der Waals surface area (Å²) in [5, 5.41) is 14.4. The Morgan fingerprint density at radius 1 is 1.38 bits per heavy atom. The van der Waals surface area contributed by atoms with Gasteiger partial charge in [0, 0.05) is 29.4 Å². The Morgan fingerprint density at radius 2 is 2.14 bits per heavy atom. The van der Waals surface area contributed by atoms with Crippen molar-refractivity contribution in [2.45, 2.75) is 13.0 Å². The molecule has 1 N–H and O–H groups in total. The lowest BCUT2D eigenvalue weighted by atomic mass is 10.1. The summed E-state index contributed by atoms with van der Waals surface area (Å²) in [5.41, 5.74) is 0.774. The molecule has 0 aliphatic heterocycles. The first-order chi connectivity index (χ1) is 10.0. The van der Waals surface area contributed by atoms with Gasteiger partial charge in [-0.1, -0.05) is 11.6 Å². The van der Waals surface area contributed by atoms with Crippen LogP contribution < -0.4 is 10.1 Å². The standard InChI is InChI=1S/C14H14ClN3O3/c1-9(16-2)10-5-6-17-14(7-10)21-13-4-3-11(15)8-12(13)18(19)20/h3-9,16H,1-2H3. The smallest absolute Gasteiger partial charge is 0.313 e. The zero-order valence-corrected chi connectivity index (χ0v) is 12.3. The maximum Gasteiger partial charge on any atom is 0.313 e. The number of nitrogens with zero attached hydrogens (tertiary/aromatic N) is 2. The number of nitro benzene ring substituents is 1. The number of nitrogens with one attached hydrogen (secondary N) is 1. The molecule has 21 heavy (non-hydrogen) atoms. The average Bonchev–Trinajstić information content (AvgIpc) is 2.48. The van der Waals surface area contributed by atoms with Gasteiger partial charge < -0.3 is 10.1 Å². The summed E-state index contributed by atoms with van der Waals surface area (Å²) in [6.45, 7) is 1.99. The number of aromatic nitrogens is 1. The third kappa shape index (κ3) is 3.68. The van der Waals surface area contributed by atoms with Gasteiger partial charge in [0.15, 0.2) is 0 Å². The van der Waals surface area contributed by atoms with Gasteiger partial charge in [0.1, 0.15) is 0 Å². The summed E-state index contributed by atoms with van der Waals surface area (Å²) < 4.78 is 5.52. The number of hydrogen-bond acceptors (Lipinski definition) is 5. The summed E-state index contributed by atoms with van der Waals surface area (Å²) in [4.78, 5) is 14.6. The molecule has 6 nitrogen and oxygen atoms in total. The van der Waals surface area contributed by atoms with E-state index in [9.17, 15) is 10.1 Å². The Morgan fingerprint density at radius 3 is 2.81 bits per heavy atom. The molecule has 7 heteroatoms. The third-order valence-electron chi connectivity index (χ3n) is 3.02. The van der Waals surface area contributed by atoms with Crippen molar-refractivity contribution in [3.8, 4) is 11.6 Å². The van der Waals surface area contributed by atoms with Crippen LogP contribution in [0.15, 0.2) is 36.5 Å². The van der Waals surface area contributed by atoms with Crippen LogP contribution in [0.2, 0.25) is 5.02 Å². The predicted octanol–water partition coefficient (Wildman–Crippen LogP) is 3.72. The van der Waals surface area contributed by atoms with E-state index in [0.29, 0.717) is 5.88 Å². The Balaban J connectivity index is 2.32. The summed E-state index contributed by atoms with van der Waals surface area (Å²) in [6, 6.07) is 7.94. The summed E-state index contributed by atoms with van der Waals surface area (Å²) in [6.07, 6.45) is 1.60. The lowest BCUT2D eigenvalue weighted by molar-refractivity contribution is -0.385. The van der Waals surface area contributed by atoms with E-state index in [2.05, 4.69) is 10.3 Å². The van der Waals surface area contributed by atoms with E-state index in [4.69, 9.17) is 16.3 Å². The normalized spacial score (nSPS) is 12.0. The van der Waals surface area contributed by atoms with Crippen LogP contribution in [0, 0.1) is 10.1 Å². The molecule has 0 bridgehead atoms. The lowest BCUT2D eigenvalue weighted by Crippen LogP contribution is -2.12. The molecular weight excluding hydrogens is 294 g/mol. The number of rotatable bonds is 5. The van der Waals surface area contributed by atoms with Gasteiger partial charge in [0.05, 0.1) is 4.92 Å². The van der Waals surface area contributed by atoms with Crippen LogP contribution in [0.3, 0.4) is 0 Å². The summed E-state index contributed by atoms with van der Waals surface area (Å²) >= 11 is 5.77. The van der Waals surface area contributed by atoms with Crippen molar-refractivity contribution in [3.63, 3.8) is 0 Å². The van der Waals surface area contributed by atoms with Gasteiger partial charge in [-0.05, 0) is 37.7 Å². The van der Waals surface area contributed by atoms with Gasteiger partial charge in [-0.15, -0.1) is 0 Å². The Labute approximate surface area is 126 Å². The highest BCUT2D eigenvalue weighted by Gasteiger charge is 2.17. The molecule has 0 saturated carbocycles. The number of ether oxygens (including phenoxy) is 1. The SMILES string of the molecule is CNC(C)c1ccnc(Oc2ccc(Cl)cc2[N+](=O)[O-])c1. The molecule has 0 spiro atoms. The first-order valence-electron chi connectivity index (χ1n) is 6.26. The first-order valence-corrected chi connectivity index (χ1v) is 6.64. The zero-order valence-electron chi connectivity index (χ0n) is 11.5. The zero-order chi connectivity index (χ0) is 15.4. The van der Waals surface area contributed by atoms with Crippen LogP contribution in [0.25, 0.3) is 0 Å². The molecule has 1 atom stereocenters. The molecule has 0 aliphatic rings. The molecule has 1 unspecified atom stereocenters. The van der Waals surface area contributed by atoms with Crippen molar-refractivity contribution in [1.82, 2.24) is 10.3 Å². The lowest BCUT2D eigenvalue weighted by Gasteiger charge is -2.12. The second-order valence-corrected chi connectivity index (χ2v) is 4.85. The third-order valence-corrected chi connectivity index (χ3v) is 3.26. The van der Waals surface area contributed by atoms with Crippen LogP contribution in [0.4, 0.5) is 5.69 Å². The van der Waals surface area contributed by atoms with Crippen LogP contribution in [-0.2, 0) is 0 Å². The van der Waals surface area contributed by atoms with Crippen LogP contribution in [0.5, 0.6) is 11.6 Å². The quantitative estimate of drug-likeness (QED) is 0.673. The number of halogens is 1. The number of nitro groups is 1. The second-order valence-electron chi connectivity index (χ2n) is 4.41. The van der Waals surface area contributed by atoms with Crippen molar-refractivity contribution >= 4 is 17.3 Å². The fourth-order valence-electron chi connectivity index (χ4n) is 1.75. The van der Waals surface area contributed by atoms with Gasteiger partial charge in [-0.3, -0.25) is 10.1 Å². The molecule has 2 rings (SSSR count). The van der Waals surface area contributed by atoms with E-state index < -0.39 is 4.92 Å². The van der Waals surface area contributed by atoms with Crippen molar-refractivity contribution in [2.75, 3.05) is 7.05 Å². The summed E-state index contributed by atoms with van der Waals surface area (Å²) in [5.74, 6) is 0.395. The molecule has 0 fully saturated rings. The average molecular weight is 308 g/mol. The second kappa shape index (κ2) is 6.51. The number of benzene rings is 1.